The summed E-state index contributed by atoms with van der Waals surface area (Å²) in [6, 6.07) is 0. The van der Waals surface area contributed by atoms with Crippen molar-refractivity contribution in [3.63, 3.8) is 0 Å². The molecule has 0 aromatic carbocycles. The SMILES string of the molecule is C=C(/C=C\C1CCCC2CCC1C2)C(=O)OCCOC(C)=O. The van der Waals surface area contributed by atoms with E-state index in [2.05, 4.69) is 12.7 Å². The van der Waals surface area contributed by atoms with Crippen molar-refractivity contribution in [2.45, 2.75) is 45.4 Å². The van der Waals surface area contributed by atoms with E-state index in [0.717, 1.165) is 11.8 Å². The quantitative estimate of drug-likeness (QED) is 0.326. The largest absolute Gasteiger partial charge is 0.462 e. The third kappa shape index (κ3) is 5.00. The van der Waals surface area contributed by atoms with E-state index in [1.807, 2.05) is 0 Å². The number of carbonyl (C=O) groups is 2. The van der Waals surface area contributed by atoms with E-state index in [0.29, 0.717) is 11.5 Å². The first-order valence-corrected chi connectivity index (χ1v) is 8.24. The van der Waals surface area contributed by atoms with Crippen LogP contribution in [0.15, 0.2) is 24.3 Å². The van der Waals surface area contributed by atoms with E-state index in [1.165, 1.54) is 45.4 Å². The third-order valence-corrected chi connectivity index (χ3v) is 4.77. The van der Waals surface area contributed by atoms with Crippen LogP contribution in [0.4, 0.5) is 0 Å². The van der Waals surface area contributed by atoms with Crippen molar-refractivity contribution < 1.29 is 19.1 Å². The monoisotopic (exact) mass is 306 g/mol. The molecule has 2 saturated carbocycles. The summed E-state index contributed by atoms with van der Waals surface area (Å²) in [6.45, 7) is 5.25. The number of esters is 2. The second-order valence-corrected chi connectivity index (χ2v) is 6.39. The van der Waals surface area contributed by atoms with Gasteiger partial charge < -0.3 is 9.47 Å². The van der Waals surface area contributed by atoms with Crippen molar-refractivity contribution in [2.24, 2.45) is 17.8 Å². The number of fused-ring (bicyclic) bond motifs is 2. The maximum Gasteiger partial charge on any atom is 0.337 e. The van der Waals surface area contributed by atoms with Gasteiger partial charge >= 0.3 is 11.9 Å². The predicted octanol–water partition coefficient (Wildman–Crippen LogP) is 3.42. The van der Waals surface area contributed by atoms with E-state index < -0.39 is 5.97 Å². The molecule has 0 heterocycles. The smallest absolute Gasteiger partial charge is 0.337 e. The Labute approximate surface area is 132 Å². The molecule has 2 aliphatic carbocycles. The summed E-state index contributed by atoms with van der Waals surface area (Å²) in [5.41, 5.74) is 0.363. The third-order valence-electron chi connectivity index (χ3n) is 4.77. The second-order valence-electron chi connectivity index (χ2n) is 6.39. The van der Waals surface area contributed by atoms with Gasteiger partial charge in [0.05, 0.1) is 5.57 Å². The molecule has 0 radical (unpaired) electrons. The summed E-state index contributed by atoms with van der Waals surface area (Å²) in [5, 5.41) is 0. The summed E-state index contributed by atoms with van der Waals surface area (Å²) in [6.07, 6.45) is 11.8. The van der Waals surface area contributed by atoms with Crippen LogP contribution in [0, 0.1) is 17.8 Å². The highest BCUT2D eigenvalue weighted by Crippen LogP contribution is 2.43. The Morgan fingerprint density at radius 1 is 1.14 bits per heavy atom. The molecule has 0 aromatic rings. The lowest BCUT2D eigenvalue weighted by Gasteiger charge is -2.18. The molecular weight excluding hydrogens is 280 g/mol. The van der Waals surface area contributed by atoms with Gasteiger partial charge in [0.2, 0.25) is 0 Å². The van der Waals surface area contributed by atoms with E-state index in [4.69, 9.17) is 9.47 Å². The van der Waals surface area contributed by atoms with Gasteiger partial charge in [-0.1, -0.05) is 38.0 Å². The van der Waals surface area contributed by atoms with Gasteiger partial charge in [-0.25, -0.2) is 4.79 Å². The Balaban J connectivity index is 1.75. The Hall–Kier alpha value is -1.58. The molecule has 4 nitrogen and oxygen atoms in total. The van der Waals surface area contributed by atoms with Gasteiger partial charge in [-0.15, -0.1) is 0 Å². The summed E-state index contributed by atoms with van der Waals surface area (Å²) in [4.78, 5) is 22.4. The van der Waals surface area contributed by atoms with Crippen LogP contribution in [-0.4, -0.2) is 25.2 Å². The maximum atomic E-state index is 11.8. The van der Waals surface area contributed by atoms with Crippen molar-refractivity contribution in [3.8, 4) is 0 Å². The maximum absolute atomic E-state index is 11.8. The highest BCUT2D eigenvalue weighted by Gasteiger charge is 2.32. The summed E-state index contributed by atoms with van der Waals surface area (Å²) >= 11 is 0. The van der Waals surface area contributed by atoms with Gasteiger partial charge in [0.1, 0.15) is 13.2 Å². The Kier molecular flexibility index (Phi) is 6.22. The van der Waals surface area contributed by atoms with Gasteiger partial charge in [0, 0.05) is 6.92 Å². The number of hydrogen-bond acceptors (Lipinski definition) is 4. The average molecular weight is 306 g/mol. The van der Waals surface area contributed by atoms with E-state index in [-0.39, 0.29) is 19.2 Å². The summed E-state index contributed by atoms with van der Waals surface area (Å²) in [5.74, 6) is 1.45. The van der Waals surface area contributed by atoms with Crippen LogP contribution in [0.25, 0.3) is 0 Å². The van der Waals surface area contributed by atoms with Gasteiger partial charge in [-0.3, -0.25) is 4.79 Å². The lowest BCUT2D eigenvalue weighted by Crippen LogP contribution is -2.13. The molecule has 0 aliphatic heterocycles. The van der Waals surface area contributed by atoms with E-state index >= 15 is 0 Å². The first kappa shape index (κ1) is 16.8. The molecule has 4 heteroatoms. The van der Waals surface area contributed by atoms with E-state index in [9.17, 15) is 9.59 Å². The normalized spacial score (nSPS) is 27.4. The minimum atomic E-state index is -0.443. The molecular formula is C18H26O4. The van der Waals surface area contributed by atoms with Crippen molar-refractivity contribution in [1.29, 1.82) is 0 Å². The van der Waals surface area contributed by atoms with Gasteiger partial charge in [-0.2, -0.15) is 0 Å². The fraction of sp³-hybridized carbons (Fsp3) is 0.667. The second kappa shape index (κ2) is 8.16. The van der Waals surface area contributed by atoms with Crippen molar-refractivity contribution in [1.82, 2.24) is 0 Å². The molecule has 22 heavy (non-hydrogen) atoms. The lowest BCUT2D eigenvalue weighted by molar-refractivity contribution is -0.148. The molecule has 3 unspecified atom stereocenters. The number of rotatable bonds is 6. The standard InChI is InChI=1S/C18H26O4/c1-13(18(20)22-11-10-21-14(2)19)6-8-16-5-3-4-15-7-9-17(16)12-15/h6,8,15-17H,1,3-5,7,9-12H2,2H3/b8-6-. The van der Waals surface area contributed by atoms with Crippen molar-refractivity contribution in [3.05, 3.63) is 24.3 Å². The van der Waals surface area contributed by atoms with Crippen LogP contribution < -0.4 is 0 Å². The minimum Gasteiger partial charge on any atom is -0.462 e. The first-order chi connectivity index (χ1) is 10.6. The number of allylic oxidation sites excluding steroid dienone is 1. The van der Waals surface area contributed by atoms with E-state index in [1.54, 1.807) is 6.08 Å². The number of ether oxygens (including phenoxy) is 2. The number of carbonyl (C=O) groups excluding carboxylic acids is 2. The van der Waals surface area contributed by atoms with Crippen LogP contribution in [0.5, 0.6) is 0 Å². The zero-order chi connectivity index (χ0) is 15.9. The Bertz CT molecular complexity index is 452. The Morgan fingerprint density at radius 3 is 2.68 bits per heavy atom. The molecule has 0 amide bonds. The zero-order valence-corrected chi connectivity index (χ0v) is 13.4. The predicted molar refractivity (Wildman–Crippen MR) is 84.0 cm³/mol. The van der Waals surface area contributed by atoms with Gasteiger partial charge in [0.25, 0.3) is 0 Å². The topological polar surface area (TPSA) is 52.6 Å². The molecule has 2 bridgehead atoms. The molecule has 122 valence electrons. The average Bonchev–Trinajstić information content (AvgIpc) is 2.84. The fourth-order valence-electron chi connectivity index (χ4n) is 3.62. The van der Waals surface area contributed by atoms with Crippen LogP contribution in [0.3, 0.4) is 0 Å². The molecule has 3 atom stereocenters. The molecule has 0 aromatic heterocycles. The Morgan fingerprint density at radius 2 is 1.91 bits per heavy atom. The zero-order valence-electron chi connectivity index (χ0n) is 13.4. The van der Waals surface area contributed by atoms with Crippen LogP contribution in [0.2, 0.25) is 0 Å². The fourth-order valence-corrected chi connectivity index (χ4v) is 3.62. The van der Waals surface area contributed by atoms with Crippen LogP contribution in [-0.2, 0) is 19.1 Å². The van der Waals surface area contributed by atoms with Crippen LogP contribution in [0.1, 0.15) is 45.4 Å². The van der Waals surface area contributed by atoms with Crippen LogP contribution >= 0.6 is 0 Å². The molecule has 0 saturated heterocycles. The molecule has 2 fully saturated rings. The first-order valence-electron chi connectivity index (χ1n) is 8.24. The van der Waals surface area contributed by atoms with Crippen molar-refractivity contribution >= 4 is 11.9 Å². The lowest BCUT2D eigenvalue weighted by atomic mass is 9.87. The summed E-state index contributed by atoms with van der Waals surface area (Å²) < 4.78 is 9.72. The minimum absolute atomic E-state index is 0.0685. The molecule has 2 aliphatic rings. The van der Waals surface area contributed by atoms with Crippen molar-refractivity contribution in [2.75, 3.05) is 13.2 Å². The van der Waals surface area contributed by atoms with Gasteiger partial charge in [0.15, 0.2) is 0 Å². The molecule has 2 rings (SSSR count). The van der Waals surface area contributed by atoms with Gasteiger partial charge in [-0.05, 0) is 37.0 Å². The number of hydrogen-bond donors (Lipinski definition) is 0. The molecule has 0 N–H and O–H groups in total. The summed E-state index contributed by atoms with van der Waals surface area (Å²) in [7, 11) is 0. The highest BCUT2D eigenvalue weighted by atomic mass is 16.6. The molecule has 0 spiro atoms. The highest BCUT2D eigenvalue weighted by molar-refractivity contribution is 5.90.